The number of carboxylic acids is 1. The number of hydrogen-bond acceptors (Lipinski definition) is 2. The summed E-state index contributed by atoms with van der Waals surface area (Å²) in [6.07, 6.45) is 0.229. The van der Waals surface area contributed by atoms with Crippen molar-refractivity contribution in [2.45, 2.75) is 12.5 Å². The Morgan fingerprint density at radius 2 is 1.78 bits per heavy atom. The molecule has 0 saturated carbocycles. The molecule has 2 aromatic rings. The highest BCUT2D eigenvalue weighted by molar-refractivity contribution is 14.1. The van der Waals surface area contributed by atoms with E-state index in [9.17, 15) is 14.7 Å². The Bertz CT molecular complexity index is 732. The lowest BCUT2D eigenvalue weighted by Crippen LogP contribution is -2.42. The molecule has 2 aromatic carbocycles. The van der Waals surface area contributed by atoms with Crippen molar-refractivity contribution in [2.24, 2.45) is 0 Å². The lowest BCUT2D eigenvalue weighted by Gasteiger charge is -2.15. The number of carbonyl (C=O) groups is 2. The van der Waals surface area contributed by atoms with E-state index in [1.165, 1.54) is 0 Å². The van der Waals surface area contributed by atoms with Crippen LogP contribution in [-0.2, 0) is 11.2 Å². The Morgan fingerprint density at radius 3 is 2.35 bits per heavy atom. The van der Waals surface area contributed by atoms with Gasteiger partial charge in [0.25, 0.3) is 5.91 Å². The smallest absolute Gasteiger partial charge is 0.326 e. The minimum absolute atomic E-state index is 0.229. The molecule has 2 N–H and O–H groups in total. The average molecular weight is 553 g/mol. The van der Waals surface area contributed by atoms with E-state index < -0.39 is 17.9 Å². The zero-order valence-corrected chi connectivity index (χ0v) is 17.1. The van der Waals surface area contributed by atoms with E-state index in [1.807, 2.05) is 24.3 Å². The molecule has 0 spiro atoms. The van der Waals surface area contributed by atoms with Crippen LogP contribution in [0.25, 0.3) is 0 Å². The van der Waals surface area contributed by atoms with E-state index in [2.05, 4.69) is 59.8 Å². The van der Waals surface area contributed by atoms with Gasteiger partial charge >= 0.3 is 5.97 Å². The second-order valence-electron chi connectivity index (χ2n) is 4.86. The molecule has 0 aliphatic rings. The predicted octanol–water partition coefficient (Wildman–Crippen LogP) is 4.24. The summed E-state index contributed by atoms with van der Waals surface area (Å²) in [6, 6.07) is 11.6. The largest absolute Gasteiger partial charge is 0.480 e. The van der Waals surface area contributed by atoms with Gasteiger partial charge in [-0.2, -0.15) is 0 Å². The molecule has 0 bridgehead atoms. The molecule has 1 atom stereocenters. The van der Waals surface area contributed by atoms with Gasteiger partial charge in [-0.15, -0.1) is 0 Å². The summed E-state index contributed by atoms with van der Waals surface area (Å²) in [5.41, 5.74) is 1.25. The highest BCUT2D eigenvalue weighted by Gasteiger charge is 2.21. The van der Waals surface area contributed by atoms with Crippen LogP contribution in [0.2, 0.25) is 0 Å². The summed E-state index contributed by atoms with van der Waals surface area (Å²) in [5.74, 6) is -1.49. The molecule has 0 radical (unpaired) electrons. The Hall–Kier alpha value is -0.930. The number of halogens is 3. The summed E-state index contributed by atoms with van der Waals surface area (Å²) in [6.45, 7) is 0. The molecular formula is C16H12Br2INO3. The van der Waals surface area contributed by atoms with E-state index in [-0.39, 0.29) is 6.42 Å². The highest BCUT2D eigenvalue weighted by Crippen LogP contribution is 2.20. The summed E-state index contributed by atoms with van der Waals surface area (Å²) >= 11 is 8.79. The third-order valence-electron chi connectivity index (χ3n) is 3.06. The van der Waals surface area contributed by atoms with Crippen LogP contribution in [0.5, 0.6) is 0 Å². The van der Waals surface area contributed by atoms with Gasteiger partial charge in [0, 0.05) is 24.5 Å². The molecule has 120 valence electrons. The van der Waals surface area contributed by atoms with Crippen molar-refractivity contribution in [1.82, 2.24) is 5.32 Å². The average Bonchev–Trinajstić information content (AvgIpc) is 2.45. The molecule has 7 heteroatoms. The van der Waals surface area contributed by atoms with E-state index in [1.54, 1.807) is 18.2 Å². The van der Waals surface area contributed by atoms with Crippen molar-refractivity contribution >= 4 is 66.3 Å². The Morgan fingerprint density at radius 1 is 1.13 bits per heavy atom. The molecule has 0 aliphatic carbocycles. The lowest BCUT2D eigenvalue weighted by molar-refractivity contribution is -0.139. The van der Waals surface area contributed by atoms with Crippen molar-refractivity contribution in [2.75, 3.05) is 0 Å². The number of aliphatic carboxylic acids is 1. The van der Waals surface area contributed by atoms with Gasteiger partial charge in [0.05, 0.1) is 0 Å². The maximum Gasteiger partial charge on any atom is 0.326 e. The third-order valence-corrected chi connectivity index (χ3v) is 4.64. The van der Waals surface area contributed by atoms with Crippen LogP contribution in [0, 0.1) is 3.57 Å². The number of hydrogen-bond donors (Lipinski definition) is 2. The number of rotatable bonds is 5. The number of carbonyl (C=O) groups excluding carboxylic acids is 1. The highest BCUT2D eigenvalue weighted by atomic mass is 127. The quantitative estimate of drug-likeness (QED) is 0.545. The molecular weight excluding hydrogens is 541 g/mol. The molecule has 23 heavy (non-hydrogen) atoms. The zero-order chi connectivity index (χ0) is 17.0. The minimum atomic E-state index is -1.06. The lowest BCUT2D eigenvalue weighted by atomic mass is 10.1. The SMILES string of the molecule is O=C(N[C@H](Cc1cccc(I)c1)C(=O)O)c1cc(Br)cc(Br)c1. The summed E-state index contributed by atoms with van der Waals surface area (Å²) < 4.78 is 2.49. The molecule has 0 fully saturated rings. The first-order valence-electron chi connectivity index (χ1n) is 6.59. The number of carboxylic acid groups (broad SMARTS) is 1. The fourth-order valence-corrected chi connectivity index (χ4v) is 3.93. The van der Waals surface area contributed by atoms with Crippen molar-refractivity contribution in [3.05, 3.63) is 66.1 Å². The van der Waals surface area contributed by atoms with Gasteiger partial charge < -0.3 is 10.4 Å². The van der Waals surface area contributed by atoms with Crippen LogP contribution < -0.4 is 5.32 Å². The van der Waals surface area contributed by atoms with Gasteiger partial charge in [0.1, 0.15) is 6.04 Å². The van der Waals surface area contributed by atoms with Gasteiger partial charge in [-0.1, -0.05) is 44.0 Å². The fourth-order valence-electron chi connectivity index (χ4n) is 2.03. The molecule has 0 saturated heterocycles. The van der Waals surface area contributed by atoms with Crippen molar-refractivity contribution in [1.29, 1.82) is 0 Å². The van der Waals surface area contributed by atoms with Crippen LogP contribution >= 0.6 is 54.5 Å². The first-order valence-corrected chi connectivity index (χ1v) is 9.26. The monoisotopic (exact) mass is 551 g/mol. The van der Waals surface area contributed by atoms with Crippen LogP contribution in [0.1, 0.15) is 15.9 Å². The van der Waals surface area contributed by atoms with Crippen LogP contribution in [0.4, 0.5) is 0 Å². The minimum Gasteiger partial charge on any atom is -0.480 e. The number of nitrogens with one attached hydrogen (secondary N) is 1. The summed E-state index contributed by atoms with van der Waals surface area (Å²) in [5, 5.41) is 11.9. The second-order valence-corrected chi connectivity index (χ2v) is 7.93. The summed E-state index contributed by atoms with van der Waals surface area (Å²) in [4.78, 5) is 23.8. The van der Waals surface area contributed by atoms with Crippen molar-refractivity contribution in [3.63, 3.8) is 0 Å². The van der Waals surface area contributed by atoms with Crippen LogP contribution in [-0.4, -0.2) is 23.0 Å². The number of amides is 1. The topological polar surface area (TPSA) is 66.4 Å². The van der Waals surface area contributed by atoms with Crippen molar-refractivity contribution < 1.29 is 14.7 Å². The van der Waals surface area contributed by atoms with Gasteiger partial charge in [-0.3, -0.25) is 4.79 Å². The van der Waals surface area contributed by atoms with E-state index in [0.717, 1.165) is 18.1 Å². The standard InChI is InChI=1S/C16H12Br2INO3/c17-11-6-10(7-12(18)8-11)15(21)20-14(16(22)23)5-9-2-1-3-13(19)4-9/h1-4,6-8,14H,5H2,(H,20,21)(H,22,23)/t14-/m1/s1. The molecule has 0 aromatic heterocycles. The van der Waals surface area contributed by atoms with Gasteiger partial charge in [-0.05, 0) is 58.5 Å². The first-order chi connectivity index (χ1) is 10.8. The van der Waals surface area contributed by atoms with Crippen LogP contribution in [0.3, 0.4) is 0 Å². The van der Waals surface area contributed by atoms with E-state index in [4.69, 9.17) is 0 Å². The Balaban J connectivity index is 2.15. The predicted molar refractivity (Wildman–Crippen MR) is 104 cm³/mol. The Labute approximate surface area is 164 Å². The van der Waals surface area contributed by atoms with Crippen LogP contribution in [0.15, 0.2) is 51.4 Å². The third kappa shape index (κ3) is 5.58. The number of benzene rings is 2. The molecule has 0 unspecified atom stereocenters. The normalized spacial score (nSPS) is 11.8. The second kappa shape index (κ2) is 8.25. The van der Waals surface area contributed by atoms with E-state index in [0.29, 0.717) is 5.56 Å². The van der Waals surface area contributed by atoms with Gasteiger partial charge in [0.15, 0.2) is 0 Å². The maximum absolute atomic E-state index is 12.3. The Kier molecular flexibility index (Phi) is 6.60. The first kappa shape index (κ1) is 18.4. The van der Waals surface area contributed by atoms with Gasteiger partial charge in [0.2, 0.25) is 0 Å². The van der Waals surface area contributed by atoms with E-state index >= 15 is 0 Å². The molecule has 1 amide bonds. The van der Waals surface area contributed by atoms with Gasteiger partial charge in [-0.25, -0.2) is 4.79 Å². The molecule has 0 aliphatic heterocycles. The fraction of sp³-hybridized carbons (Fsp3) is 0.125. The zero-order valence-electron chi connectivity index (χ0n) is 11.7. The molecule has 4 nitrogen and oxygen atoms in total. The maximum atomic E-state index is 12.3. The molecule has 0 heterocycles. The summed E-state index contributed by atoms with van der Waals surface area (Å²) in [7, 11) is 0. The van der Waals surface area contributed by atoms with Crippen molar-refractivity contribution in [3.8, 4) is 0 Å². The molecule has 2 rings (SSSR count).